The van der Waals surface area contributed by atoms with Crippen molar-refractivity contribution in [2.45, 2.75) is 53.4 Å². The molecule has 0 fully saturated rings. The molecule has 5 N–H and O–H groups in total. The molecule has 0 bridgehead atoms. The molecule has 1 rings (SSSR count). The third-order valence-corrected chi connectivity index (χ3v) is 3.94. The summed E-state index contributed by atoms with van der Waals surface area (Å²) in [5.41, 5.74) is 11.2. The largest absolute Gasteiger partial charge is 0.401 e. The molecule has 0 heterocycles. The number of hydrazine groups is 1. The van der Waals surface area contributed by atoms with Gasteiger partial charge >= 0.3 is 0 Å². The van der Waals surface area contributed by atoms with Gasteiger partial charge in [0.1, 0.15) is 0 Å². The molecule has 0 aliphatic heterocycles. The first-order chi connectivity index (χ1) is 7.36. The Morgan fingerprint density at radius 3 is 2.31 bits per heavy atom. The van der Waals surface area contributed by atoms with Crippen LogP contribution < -0.4 is 17.0 Å². The zero-order valence-electron chi connectivity index (χ0n) is 11.1. The Kier molecular flexibility index (Phi) is 4.25. The van der Waals surface area contributed by atoms with Crippen molar-refractivity contribution in [3.05, 3.63) is 11.4 Å². The van der Waals surface area contributed by atoms with Crippen LogP contribution in [-0.4, -0.2) is 0 Å². The lowest BCUT2D eigenvalue weighted by atomic mass is 9.69. The summed E-state index contributed by atoms with van der Waals surface area (Å²) in [7, 11) is 0. The maximum Gasteiger partial charge on any atom is 0.0446 e. The van der Waals surface area contributed by atoms with E-state index in [1.165, 1.54) is 12.8 Å². The number of nitrogens with two attached hydrogens (primary N) is 2. The van der Waals surface area contributed by atoms with E-state index in [-0.39, 0.29) is 0 Å². The molecule has 0 aromatic rings. The summed E-state index contributed by atoms with van der Waals surface area (Å²) < 4.78 is 0. The van der Waals surface area contributed by atoms with Crippen LogP contribution in [0.1, 0.15) is 53.4 Å². The Balaban J connectivity index is 2.80. The van der Waals surface area contributed by atoms with E-state index in [1.54, 1.807) is 0 Å². The highest BCUT2D eigenvalue weighted by Crippen LogP contribution is 2.39. The molecule has 16 heavy (non-hydrogen) atoms. The van der Waals surface area contributed by atoms with E-state index in [0.29, 0.717) is 5.41 Å². The smallest absolute Gasteiger partial charge is 0.0446 e. The first-order valence-corrected chi connectivity index (χ1v) is 6.30. The highest BCUT2D eigenvalue weighted by Gasteiger charge is 2.30. The Morgan fingerprint density at radius 2 is 1.81 bits per heavy atom. The molecule has 0 saturated heterocycles. The molecular formula is C13H27N3. The van der Waals surface area contributed by atoms with Crippen LogP contribution in [0.5, 0.6) is 0 Å². The van der Waals surface area contributed by atoms with Crippen LogP contribution >= 0.6 is 0 Å². The first kappa shape index (κ1) is 13.4. The lowest BCUT2D eigenvalue weighted by molar-refractivity contribution is 0.146. The third-order valence-electron chi connectivity index (χ3n) is 3.94. The predicted octanol–water partition coefficient (Wildman–Crippen LogP) is 2.49. The molecule has 0 aromatic heterocycles. The molecule has 0 aromatic carbocycles. The average Bonchev–Trinajstić information content (AvgIpc) is 2.14. The second kappa shape index (κ2) is 5.09. The highest BCUT2D eigenvalue weighted by atomic mass is 15.2. The van der Waals surface area contributed by atoms with Crippen LogP contribution in [0.2, 0.25) is 0 Å². The van der Waals surface area contributed by atoms with Crippen LogP contribution in [-0.2, 0) is 0 Å². The summed E-state index contributed by atoms with van der Waals surface area (Å²) in [6.07, 6.45) is 4.28. The van der Waals surface area contributed by atoms with Gasteiger partial charge in [0.25, 0.3) is 0 Å². The summed E-state index contributed by atoms with van der Waals surface area (Å²) in [5, 5.41) is 0. The summed E-state index contributed by atoms with van der Waals surface area (Å²) in [6.45, 7) is 9.35. The number of nitrogens with one attached hydrogen (secondary N) is 1. The molecule has 2 unspecified atom stereocenters. The van der Waals surface area contributed by atoms with Crippen LogP contribution in [0.4, 0.5) is 0 Å². The molecule has 2 atom stereocenters. The molecule has 3 heteroatoms. The van der Waals surface area contributed by atoms with Crippen molar-refractivity contribution in [1.29, 1.82) is 0 Å². The van der Waals surface area contributed by atoms with Crippen LogP contribution in [0.25, 0.3) is 0 Å². The molecule has 0 spiro atoms. The molecule has 3 nitrogen and oxygen atoms in total. The van der Waals surface area contributed by atoms with Crippen LogP contribution in [0.15, 0.2) is 11.4 Å². The molecule has 94 valence electrons. The predicted molar refractivity (Wildman–Crippen MR) is 69.1 cm³/mol. The zero-order chi connectivity index (χ0) is 12.3. The minimum atomic E-state index is 0.368. The van der Waals surface area contributed by atoms with E-state index in [4.69, 9.17) is 11.6 Å². The third kappa shape index (κ3) is 3.14. The van der Waals surface area contributed by atoms with E-state index >= 15 is 0 Å². The van der Waals surface area contributed by atoms with Gasteiger partial charge in [-0.3, -0.25) is 5.84 Å². The Bertz CT molecular complexity index is 263. The second-order valence-corrected chi connectivity index (χ2v) is 6.18. The van der Waals surface area contributed by atoms with Gasteiger partial charge < -0.3 is 11.2 Å². The lowest BCUT2D eigenvalue weighted by Crippen LogP contribution is -2.32. The Morgan fingerprint density at radius 1 is 1.19 bits per heavy atom. The molecule has 0 saturated carbocycles. The Labute approximate surface area is 99.6 Å². The number of hydrogen-bond donors (Lipinski definition) is 3. The van der Waals surface area contributed by atoms with Gasteiger partial charge in [-0.2, -0.15) is 0 Å². The number of allylic oxidation sites excluding steroid dienone is 2. The van der Waals surface area contributed by atoms with Crippen molar-refractivity contribution < 1.29 is 0 Å². The van der Waals surface area contributed by atoms with Crippen LogP contribution in [0, 0.1) is 17.3 Å². The summed E-state index contributed by atoms with van der Waals surface area (Å²) in [6, 6.07) is 0. The van der Waals surface area contributed by atoms with Gasteiger partial charge in [-0.1, -0.05) is 27.7 Å². The van der Waals surface area contributed by atoms with Crippen molar-refractivity contribution in [3.63, 3.8) is 0 Å². The molecule has 0 amide bonds. The van der Waals surface area contributed by atoms with Gasteiger partial charge in [-0.25, -0.2) is 0 Å². The minimum Gasteiger partial charge on any atom is -0.401 e. The molecular weight excluding hydrogens is 198 g/mol. The SMILES string of the molecule is CC1CC/C(NN)=C(/N)CCC1C(C)(C)C. The fourth-order valence-electron chi connectivity index (χ4n) is 2.93. The van der Waals surface area contributed by atoms with E-state index in [2.05, 4.69) is 33.1 Å². The lowest BCUT2D eigenvalue weighted by Gasteiger charge is -2.37. The monoisotopic (exact) mass is 225 g/mol. The van der Waals surface area contributed by atoms with Crippen molar-refractivity contribution in [2.75, 3.05) is 0 Å². The fourth-order valence-corrected chi connectivity index (χ4v) is 2.93. The van der Waals surface area contributed by atoms with Gasteiger partial charge in [0.2, 0.25) is 0 Å². The summed E-state index contributed by atoms with van der Waals surface area (Å²) in [4.78, 5) is 0. The van der Waals surface area contributed by atoms with Crippen molar-refractivity contribution in [1.82, 2.24) is 5.43 Å². The summed E-state index contributed by atoms with van der Waals surface area (Å²) in [5.74, 6) is 6.97. The van der Waals surface area contributed by atoms with Gasteiger partial charge in [-0.05, 0) is 42.9 Å². The maximum atomic E-state index is 6.05. The highest BCUT2D eigenvalue weighted by molar-refractivity contribution is 5.10. The van der Waals surface area contributed by atoms with E-state index < -0.39 is 0 Å². The number of rotatable bonds is 1. The Hall–Kier alpha value is -0.700. The van der Waals surface area contributed by atoms with E-state index in [1.807, 2.05) is 0 Å². The van der Waals surface area contributed by atoms with Gasteiger partial charge in [-0.15, -0.1) is 0 Å². The van der Waals surface area contributed by atoms with Crippen molar-refractivity contribution in [2.24, 2.45) is 28.8 Å². The van der Waals surface area contributed by atoms with Gasteiger partial charge in [0, 0.05) is 11.4 Å². The average molecular weight is 225 g/mol. The molecule has 1 aliphatic carbocycles. The maximum absolute atomic E-state index is 6.05. The molecule has 0 radical (unpaired) electrons. The minimum absolute atomic E-state index is 0.368. The normalized spacial score (nSPS) is 33.1. The van der Waals surface area contributed by atoms with E-state index in [9.17, 15) is 0 Å². The standard InChI is InChI=1S/C13H27N3/c1-9-5-8-12(16-15)11(14)7-6-10(9)13(2,3)4/h9-10,16H,5-8,14-15H2,1-4H3/b12-11-. The van der Waals surface area contributed by atoms with E-state index in [0.717, 1.165) is 36.1 Å². The topological polar surface area (TPSA) is 64.1 Å². The molecule has 1 aliphatic rings. The quantitative estimate of drug-likeness (QED) is 0.474. The van der Waals surface area contributed by atoms with Gasteiger partial charge in [0.15, 0.2) is 0 Å². The fraction of sp³-hybridized carbons (Fsp3) is 0.846. The van der Waals surface area contributed by atoms with Gasteiger partial charge in [0.05, 0.1) is 0 Å². The van der Waals surface area contributed by atoms with Crippen molar-refractivity contribution in [3.8, 4) is 0 Å². The van der Waals surface area contributed by atoms with Crippen molar-refractivity contribution >= 4 is 0 Å². The van der Waals surface area contributed by atoms with Crippen LogP contribution in [0.3, 0.4) is 0 Å². The number of hydrogen-bond acceptors (Lipinski definition) is 3. The zero-order valence-corrected chi connectivity index (χ0v) is 11.1. The second-order valence-electron chi connectivity index (χ2n) is 6.18. The first-order valence-electron chi connectivity index (χ1n) is 6.30. The summed E-state index contributed by atoms with van der Waals surface area (Å²) >= 11 is 0.